The third-order valence-electron chi connectivity index (χ3n) is 2.99. The lowest BCUT2D eigenvalue weighted by Crippen LogP contribution is -2.00. The van der Waals surface area contributed by atoms with Gasteiger partial charge < -0.3 is 19.7 Å². The number of benzene rings is 2. The molecule has 3 rings (SSSR count). The van der Waals surface area contributed by atoms with Crippen molar-refractivity contribution >= 4 is 23.6 Å². The van der Waals surface area contributed by atoms with E-state index >= 15 is 0 Å². The zero-order valence-electron chi connectivity index (χ0n) is 11.6. The van der Waals surface area contributed by atoms with E-state index in [0.717, 1.165) is 0 Å². The minimum absolute atomic E-state index is 0.110. The molecule has 0 unspecified atom stereocenters. The summed E-state index contributed by atoms with van der Waals surface area (Å²) in [6.07, 6.45) is 1.69. The molecule has 0 atom stereocenters. The first-order valence-corrected chi connectivity index (χ1v) is 7.18. The normalized spacial score (nSPS) is 10.1. The van der Waals surface area contributed by atoms with Crippen molar-refractivity contribution in [3.63, 3.8) is 0 Å². The van der Waals surface area contributed by atoms with Gasteiger partial charge in [-0.05, 0) is 36.6 Å². The minimum atomic E-state index is -0.382. The molecule has 0 aliphatic heterocycles. The Bertz CT molecular complexity index is 870. The van der Waals surface area contributed by atoms with Gasteiger partial charge in [0.15, 0.2) is 16.9 Å². The van der Waals surface area contributed by atoms with Gasteiger partial charge in [0.05, 0.1) is 0 Å². The van der Waals surface area contributed by atoms with Gasteiger partial charge in [-0.3, -0.25) is 4.79 Å². The zero-order valence-corrected chi connectivity index (χ0v) is 12.5. The number of thiol groups is 1. The predicted molar refractivity (Wildman–Crippen MR) is 87.8 cm³/mol. The van der Waals surface area contributed by atoms with Crippen LogP contribution in [0.5, 0.6) is 17.2 Å². The summed E-state index contributed by atoms with van der Waals surface area (Å²) in [6.45, 7) is 0. The molecular formula is C16H14O5S. The van der Waals surface area contributed by atoms with E-state index in [1.165, 1.54) is 30.3 Å². The maximum Gasteiger partial charge on any atom is 0.197 e. The average molecular weight is 318 g/mol. The lowest BCUT2D eigenvalue weighted by molar-refractivity contribution is 0.404. The van der Waals surface area contributed by atoms with Crippen LogP contribution in [0.4, 0.5) is 0 Å². The summed E-state index contributed by atoms with van der Waals surface area (Å²) in [5, 5.41) is 28.5. The van der Waals surface area contributed by atoms with E-state index in [9.17, 15) is 20.1 Å². The Morgan fingerprint density at radius 2 is 1.64 bits per heavy atom. The summed E-state index contributed by atoms with van der Waals surface area (Å²) in [5.74, 6) is -0.463. The van der Waals surface area contributed by atoms with Crippen molar-refractivity contribution < 1.29 is 19.7 Å². The van der Waals surface area contributed by atoms with E-state index in [2.05, 4.69) is 12.6 Å². The van der Waals surface area contributed by atoms with Crippen LogP contribution in [0.3, 0.4) is 0 Å². The SMILES string of the molecule is CS.O=c1cc(-c2ccc(O)c(O)c2)oc2cccc(O)c12. The second-order valence-electron chi connectivity index (χ2n) is 4.33. The highest BCUT2D eigenvalue weighted by molar-refractivity contribution is 7.79. The van der Waals surface area contributed by atoms with E-state index < -0.39 is 0 Å². The Morgan fingerprint density at radius 3 is 2.32 bits per heavy atom. The standard InChI is InChI=1S/C15H10O5.CH4S/c16-9-5-4-8(6-11(9)18)14-7-12(19)15-10(17)2-1-3-13(15)20-14;1-2/h1-7,16-18H;2H,1H3. The van der Waals surface area contributed by atoms with Crippen LogP contribution in [0.1, 0.15) is 0 Å². The Labute approximate surface area is 131 Å². The van der Waals surface area contributed by atoms with E-state index in [0.29, 0.717) is 5.56 Å². The molecule has 0 saturated carbocycles. The molecule has 0 saturated heterocycles. The van der Waals surface area contributed by atoms with Gasteiger partial charge in [0.25, 0.3) is 0 Å². The van der Waals surface area contributed by atoms with Gasteiger partial charge in [0.1, 0.15) is 22.5 Å². The van der Waals surface area contributed by atoms with Crippen molar-refractivity contribution in [2.24, 2.45) is 0 Å². The van der Waals surface area contributed by atoms with Gasteiger partial charge >= 0.3 is 0 Å². The molecule has 2 aromatic carbocycles. The highest BCUT2D eigenvalue weighted by Gasteiger charge is 2.11. The number of rotatable bonds is 1. The first-order valence-electron chi connectivity index (χ1n) is 6.29. The summed E-state index contributed by atoms with van der Waals surface area (Å²) in [7, 11) is 0. The number of hydrogen-bond donors (Lipinski definition) is 4. The van der Waals surface area contributed by atoms with Crippen LogP contribution in [0.25, 0.3) is 22.3 Å². The smallest absolute Gasteiger partial charge is 0.197 e. The highest BCUT2D eigenvalue weighted by atomic mass is 32.1. The van der Waals surface area contributed by atoms with Crippen molar-refractivity contribution in [1.29, 1.82) is 0 Å². The summed E-state index contributed by atoms with van der Waals surface area (Å²) in [5.41, 5.74) is 0.314. The van der Waals surface area contributed by atoms with Crippen molar-refractivity contribution in [3.05, 3.63) is 52.7 Å². The van der Waals surface area contributed by atoms with Gasteiger partial charge in [-0.15, -0.1) is 0 Å². The fourth-order valence-corrected chi connectivity index (χ4v) is 2.01. The van der Waals surface area contributed by atoms with Crippen molar-refractivity contribution in [2.45, 2.75) is 0 Å². The second kappa shape index (κ2) is 6.44. The molecule has 22 heavy (non-hydrogen) atoms. The van der Waals surface area contributed by atoms with Crippen molar-refractivity contribution in [1.82, 2.24) is 0 Å². The average Bonchev–Trinajstić information content (AvgIpc) is 2.51. The van der Waals surface area contributed by atoms with Crippen LogP contribution in [0.15, 0.2) is 51.7 Å². The number of phenols is 3. The Morgan fingerprint density at radius 1 is 0.909 bits per heavy atom. The maximum atomic E-state index is 12.0. The molecule has 0 aliphatic rings. The molecule has 1 heterocycles. The second-order valence-corrected chi connectivity index (χ2v) is 4.33. The number of aromatic hydroxyl groups is 3. The quantitative estimate of drug-likeness (QED) is 0.409. The Hall–Kier alpha value is -2.60. The first-order chi connectivity index (χ1) is 10.6. The van der Waals surface area contributed by atoms with E-state index in [1.54, 1.807) is 18.4 Å². The highest BCUT2D eigenvalue weighted by Crippen LogP contribution is 2.32. The summed E-state index contributed by atoms with van der Waals surface area (Å²) >= 11 is 3.53. The molecule has 1 aromatic heterocycles. The largest absolute Gasteiger partial charge is 0.507 e. The van der Waals surface area contributed by atoms with Crippen LogP contribution < -0.4 is 5.43 Å². The monoisotopic (exact) mass is 318 g/mol. The fourth-order valence-electron chi connectivity index (χ4n) is 2.01. The molecule has 0 spiro atoms. The van der Waals surface area contributed by atoms with Crippen molar-refractivity contribution in [2.75, 3.05) is 6.26 Å². The Kier molecular flexibility index (Phi) is 4.62. The van der Waals surface area contributed by atoms with Crippen LogP contribution in [-0.2, 0) is 0 Å². The van der Waals surface area contributed by atoms with Crippen LogP contribution in [-0.4, -0.2) is 21.6 Å². The van der Waals surface area contributed by atoms with E-state index in [4.69, 9.17) is 4.42 Å². The topological polar surface area (TPSA) is 90.9 Å². The van der Waals surface area contributed by atoms with Crippen LogP contribution in [0.2, 0.25) is 0 Å². The third kappa shape index (κ3) is 2.87. The maximum absolute atomic E-state index is 12.0. The molecule has 0 bridgehead atoms. The van der Waals surface area contributed by atoms with E-state index in [-0.39, 0.29) is 39.4 Å². The van der Waals surface area contributed by atoms with Gasteiger partial charge in [0.2, 0.25) is 0 Å². The number of fused-ring (bicyclic) bond motifs is 1. The summed E-state index contributed by atoms with van der Waals surface area (Å²) in [6, 6.07) is 9.89. The lowest BCUT2D eigenvalue weighted by Gasteiger charge is -2.05. The number of hydrogen-bond acceptors (Lipinski definition) is 6. The molecule has 5 nitrogen and oxygen atoms in total. The number of phenolic OH excluding ortho intramolecular Hbond substituents is 3. The first kappa shape index (κ1) is 15.8. The van der Waals surface area contributed by atoms with Crippen molar-refractivity contribution in [3.8, 4) is 28.6 Å². The summed E-state index contributed by atoms with van der Waals surface area (Å²) < 4.78 is 5.55. The van der Waals surface area contributed by atoms with Gasteiger partial charge in [0, 0.05) is 11.6 Å². The fraction of sp³-hybridized carbons (Fsp3) is 0.0625. The molecule has 114 valence electrons. The van der Waals surface area contributed by atoms with Gasteiger partial charge in [-0.2, -0.15) is 12.6 Å². The van der Waals surface area contributed by atoms with Crippen LogP contribution >= 0.6 is 12.6 Å². The lowest BCUT2D eigenvalue weighted by atomic mass is 10.1. The summed E-state index contributed by atoms with van der Waals surface area (Å²) in [4.78, 5) is 12.0. The van der Waals surface area contributed by atoms with Crippen LogP contribution in [0, 0.1) is 0 Å². The molecular weight excluding hydrogens is 304 g/mol. The minimum Gasteiger partial charge on any atom is -0.507 e. The van der Waals surface area contributed by atoms with Gasteiger partial charge in [-0.25, -0.2) is 0 Å². The Balaban J connectivity index is 0.000000847. The van der Waals surface area contributed by atoms with E-state index in [1.807, 2.05) is 0 Å². The zero-order chi connectivity index (χ0) is 16.3. The van der Waals surface area contributed by atoms with Gasteiger partial charge in [-0.1, -0.05) is 6.07 Å². The molecule has 0 radical (unpaired) electrons. The molecule has 3 N–H and O–H groups in total. The molecule has 6 heteroatoms. The third-order valence-corrected chi connectivity index (χ3v) is 2.99. The molecule has 0 amide bonds. The molecule has 0 fully saturated rings. The molecule has 3 aromatic rings. The predicted octanol–water partition coefficient (Wildman–Crippen LogP) is 3.12. The molecule has 0 aliphatic carbocycles.